The maximum absolute atomic E-state index is 14.7. The first-order valence-corrected chi connectivity index (χ1v) is 14.9. The topological polar surface area (TPSA) is 131 Å². The van der Waals surface area contributed by atoms with E-state index in [-0.39, 0.29) is 41.1 Å². The highest BCUT2D eigenvalue weighted by atomic mass is 35.5. The number of nitrogens with zero attached hydrogens (tertiary/aromatic N) is 5. The molecule has 0 saturated carbocycles. The number of aromatic nitrogens is 4. The molecule has 1 N–H and O–H groups in total. The number of aromatic carboxylic acids is 1. The highest BCUT2D eigenvalue weighted by Crippen LogP contribution is 2.40. The zero-order valence-corrected chi connectivity index (χ0v) is 25.8. The van der Waals surface area contributed by atoms with Gasteiger partial charge < -0.3 is 14.4 Å². The smallest absolute Gasteiger partial charge is 0.338 e. The minimum absolute atomic E-state index is 0.000601. The van der Waals surface area contributed by atoms with E-state index in [0.29, 0.717) is 49.0 Å². The number of benzene rings is 1. The Morgan fingerprint density at radius 2 is 1.89 bits per heavy atom. The van der Waals surface area contributed by atoms with Crippen LogP contribution in [0, 0.1) is 37.9 Å². The summed E-state index contributed by atoms with van der Waals surface area (Å²) < 4.78 is 23.1. The molecular formula is C33H23ClFN5O4S. The first-order chi connectivity index (χ1) is 21.6. The summed E-state index contributed by atoms with van der Waals surface area (Å²) in [5, 5.41) is 22.3. The maximum Gasteiger partial charge on any atom is 0.338 e. The summed E-state index contributed by atoms with van der Waals surface area (Å²) in [6.07, 6.45) is 1.45. The van der Waals surface area contributed by atoms with Crippen molar-refractivity contribution in [3.8, 4) is 34.3 Å². The Morgan fingerprint density at radius 1 is 1.09 bits per heavy atom. The van der Waals surface area contributed by atoms with Gasteiger partial charge in [0.25, 0.3) is 5.56 Å². The van der Waals surface area contributed by atoms with Crippen molar-refractivity contribution in [2.75, 3.05) is 6.61 Å². The highest BCUT2D eigenvalue weighted by Gasteiger charge is 2.21. The molecule has 5 heterocycles. The van der Waals surface area contributed by atoms with Crippen LogP contribution in [0.25, 0.3) is 43.5 Å². The van der Waals surface area contributed by atoms with Gasteiger partial charge in [-0.05, 0) is 63.2 Å². The Morgan fingerprint density at radius 3 is 2.64 bits per heavy atom. The Labute approximate surface area is 264 Å². The van der Waals surface area contributed by atoms with Gasteiger partial charge in [-0.15, -0.1) is 11.3 Å². The summed E-state index contributed by atoms with van der Waals surface area (Å²) in [6.45, 7) is 5.46. The number of halogens is 2. The SMILES string of the molecule is Cc1ccc(F)c(-c2ncc3cc(C)n(CCOc4ccc(Cl)cc4-c4cc(C)nc5c(C(=O)O)csc45)c(=O)c3c2C#N)n1. The van der Waals surface area contributed by atoms with Gasteiger partial charge in [0.2, 0.25) is 0 Å². The van der Waals surface area contributed by atoms with Crippen molar-refractivity contribution in [2.24, 2.45) is 0 Å². The third kappa shape index (κ3) is 5.39. The third-order valence-electron chi connectivity index (χ3n) is 7.36. The molecule has 0 saturated heterocycles. The van der Waals surface area contributed by atoms with Crippen molar-refractivity contribution in [3.63, 3.8) is 0 Å². The van der Waals surface area contributed by atoms with Crippen LogP contribution in [0.3, 0.4) is 0 Å². The molecule has 6 rings (SSSR count). The van der Waals surface area contributed by atoms with Crippen LogP contribution in [0.2, 0.25) is 5.02 Å². The monoisotopic (exact) mass is 639 g/mol. The molecule has 0 spiro atoms. The maximum atomic E-state index is 14.7. The fraction of sp³-hybridized carbons (Fsp3) is 0.152. The van der Waals surface area contributed by atoms with Crippen LogP contribution in [-0.2, 0) is 6.54 Å². The van der Waals surface area contributed by atoms with Gasteiger partial charge in [-0.2, -0.15) is 5.26 Å². The number of carbonyl (C=O) groups is 1. The lowest BCUT2D eigenvalue weighted by molar-refractivity contribution is 0.0699. The summed E-state index contributed by atoms with van der Waals surface area (Å²) in [6, 6.07) is 13.5. The Balaban J connectivity index is 1.37. The van der Waals surface area contributed by atoms with E-state index in [2.05, 4.69) is 15.0 Å². The fourth-order valence-corrected chi connectivity index (χ4v) is 6.49. The van der Waals surface area contributed by atoms with Crippen LogP contribution >= 0.6 is 22.9 Å². The van der Waals surface area contributed by atoms with E-state index < -0.39 is 17.3 Å². The third-order valence-corrected chi connectivity index (χ3v) is 8.60. The molecule has 0 fully saturated rings. The number of ether oxygens (including phenoxy) is 1. The lowest BCUT2D eigenvalue weighted by Gasteiger charge is -2.16. The highest BCUT2D eigenvalue weighted by molar-refractivity contribution is 7.18. The second-order valence-electron chi connectivity index (χ2n) is 10.4. The number of rotatable bonds is 7. The summed E-state index contributed by atoms with van der Waals surface area (Å²) in [5.74, 6) is -1.23. The minimum atomic E-state index is -1.06. The van der Waals surface area contributed by atoms with Crippen LogP contribution in [-0.4, -0.2) is 37.2 Å². The van der Waals surface area contributed by atoms with E-state index in [1.165, 1.54) is 34.2 Å². The van der Waals surface area contributed by atoms with Crippen LogP contribution in [0.1, 0.15) is 33.0 Å². The van der Waals surface area contributed by atoms with E-state index in [4.69, 9.17) is 16.3 Å². The molecule has 12 heteroatoms. The largest absolute Gasteiger partial charge is 0.491 e. The second kappa shape index (κ2) is 11.7. The summed E-state index contributed by atoms with van der Waals surface area (Å²) >= 11 is 7.65. The Hall–Kier alpha value is -5.18. The standard InChI is InChI=1S/C33H23ClFN5O4S/c1-16-4-6-25(35)30(38-16)28-23(13-36)27-19(14-37-28)11-18(3)40(32(27)41)8-9-44-26-7-5-20(34)12-21(26)22-10-17(2)39-29-24(33(42)43)15-45-31(22)29/h4-7,10-12,14-15H,8-9H2,1-3H3,(H,42,43). The van der Waals surface area contributed by atoms with Gasteiger partial charge in [0, 0.05) is 50.2 Å². The fourth-order valence-electron chi connectivity index (χ4n) is 5.31. The number of carboxylic acids is 1. The molecule has 0 aliphatic rings. The minimum Gasteiger partial charge on any atom is -0.491 e. The lowest BCUT2D eigenvalue weighted by atomic mass is 10.0. The average molecular weight is 640 g/mol. The van der Waals surface area contributed by atoms with Crippen LogP contribution in [0.5, 0.6) is 5.75 Å². The first kappa shape index (κ1) is 29.9. The number of thiophene rings is 1. The van der Waals surface area contributed by atoms with E-state index in [9.17, 15) is 24.3 Å². The molecule has 0 radical (unpaired) electrons. The lowest BCUT2D eigenvalue weighted by Crippen LogP contribution is -2.26. The van der Waals surface area contributed by atoms with Crippen LogP contribution in [0.15, 0.2) is 58.8 Å². The average Bonchev–Trinajstić information content (AvgIpc) is 3.44. The van der Waals surface area contributed by atoms with Crippen molar-refractivity contribution in [3.05, 3.63) is 103 Å². The van der Waals surface area contributed by atoms with Gasteiger partial charge in [-0.1, -0.05) is 11.6 Å². The van der Waals surface area contributed by atoms with Crippen molar-refractivity contribution >= 4 is 49.9 Å². The van der Waals surface area contributed by atoms with E-state index in [0.717, 1.165) is 5.56 Å². The summed E-state index contributed by atoms with van der Waals surface area (Å²) in [4.78, 5) is 38.6. The van der Waals surface area contributed by atoms with Crippen LogP contribution in [0.4, 0.5) is 4.39 Å². The molecule has 0 bridgehead atoms. The van der Waals surface area contributed by atoms with Crippen molar-refractivity contribution in [1.29, 1.82) is 5.26 Å². The molecular weight excluding hydrogens is 617 g/mol. The molecule has 0 unspecified atom stereocenters. The van der Waals surface area contributed by atoms with Crippen molar-refractivity contribution in [2.45, 2.75) is 27.3 Å². The molecule has 0 aliphatic heterocycles. The molecule has 224 valence electrons. The predicted molar refractivity (Wildman–Crippen MR) is 171 cm³/mol. The summed E-state index contributed by atoms with van der Waals surface area (Å²) in [7, 11) is 0. The number of aryl methyl sites for hydroxylation is 3. The molecule has 1 aromatic carbocycles. The normalized spacial score (nSPS) is 11.2. The number of nitriles is 1. The zero-order chi connectivity index (χ0) is 32.0. The number of fused-ring (bicyclic) bond motifs is 2. The Kier molecular flexibility index (Phi) is 7.78. The zero-order valence-electron chi connectivity index (χ0n) is 24.2. The second-order valence-corrected chi connectivity index (χ2v) is 11.7. The number of hydrogen-bond acceptors (Lipinski definition) is 8. The van der Waals surface area contributed by atoms with Crippen molar-refractivity contribution < 1.29 is 19.0 Å². The summed E-state index contributed by atoms with van der Waals surface area (Å²) in [5.41, 5.74) is 3.07. The molecule has 0 aliphatic carbocycles. The van der Waals surface area contributed by atoms with Gasteiger partial charge in [0.15, 0.2) is 5.82 Å². The first-order valence-electron chi connectivity index (χ1n) is 13.7. The molecule has 9 nitrogen and oxygen atoms in total. The quantitative estimate of drug-likeness (QED) is 0.196. The molecule has 45 heavy (non-hydrogen) atoms. The van der Waals surface area contributed by atoms with Crippen molar-refractivity contribution in [1.82, 2.24) is 19.5 Å². The number of hydrogen-bond donors (Lipinski definition) is 1. The van der Waals surface area contributed by atoms with E-state index in [1.807, 2.05) is 12.1 Å². The molecule has 0 amide bonds. The Bertz CT molecular complexity index is 2290. The number of carboxylic acid groups (broad SMARTS) is 1. The van der Waals surface area contributed by atoms with Gasteiger partial charge in [-0.3, -0.25) is 14.8 Å². The van der Waals surface area contributed by atoms with E-state index >= 15 is 0 Å². The van der Waals surface area contributed by atoms with Gasteiger partial charge >= 0.3 is 5.97 Å². The predicted octanol–water partition coefficient (Wildman–Crippen LogP) is 7.10. The molecule has 0 atom stereocenters. The van der Waals surface area contributed by atoms with Gasteiger partial charge in [-0.25, -0.2) is 14.2 Å². The van der Waals surface area contributed by atoms with Gasteiger partial charge in [0.05, 0.1) is 33.3 Å². The number of pyridine rings is 4. The molecule has 5 aromatic heterocycles. The van der Waals surface area contributed by atoms with Gasteiger partial charge in [0.1, 0.15) is 29.8 Å². The van der Waals surface area contributed by atoms with E-state index in [1.54, 1.807) is 50.4 Å². The van der Waals surface area contributed by atoms with Crippen LogP contribution < -0.4 is 10.3 Å². The molecule has 6 aromatic rings.